The number of aromatic nitrogens is 2. The molecule has 12 rings (SSSR count). The van der Waals surface area contributed by atoms with Crippen molar-refractivity contribution in [3.63, 3.8) is 0 Å². The predicted molar refractivity (Wildman–Crippen MR) is 201 cm³/mol. The van der Waals surface area contributed by atoms with Crippen LogP contribution >= 0.6 is 11.3 Å². The van der Waals surface area contributed by atoms with Crippen molar-refractivity contribution in [2.45, 2.75) is 0 Å². The number of fused-ring (bicyclic) bond motifs is 16. The molecule has 1 aliphatic heterocycles. The van der Waals surface area contributed by atoms with Gasteiger partial charge in [-0.2, -0.15) is 0 Å². The first-order valence-corrected chi connectivity index (χ1v) is 17.0. The molecule has 0 atom stereocenters. The Hall–Kier alpha value is -5.78. The summed E-state index contributed by atoms with van der Waals surface area (Å²) >= 11 is 1.91. The number of para-hydroxylation sites is 4. The lowest BCUT2D eigenvalue weighted by Gasteiger charge is -2.28. The van der Waals surface area contributed by atoms with Gasteiger partial charge in [0.2, 0.25) is 0 Å². The van der Waals surface area contributed by atoms with E-state index in [2.05, 4.69) is 149 Å². The zero-order valence-corrected chi connectivity index (χ0v) is 25.9. The van der Waals surface area contributed by atoms with Crippen LogP contribution in [0.5, 0.6) is 0 Å². The van der Waals surface area contributed by atoms with Gasteiger partial charge in [0.05, 0.1) is 16.6 Å². The number of nitrogens with zero attached hydrogens (tertiary/aromatic N) is 2. The lowest BCUT2D eigenvalue weighted by molar-refractivity contribution is 0.671. The topological polar surface area (TPSA) is 23.0 Å². The molecule has 0 radical (unpaired) electrons. The molecule has 216 valence electrons. The Morgan fingerprint density at radius 1 is 0.489 bits per heavy atom. The molecule has 0 bridgehead atoms. The molecule has 5 heteroatoms. The van der Waals surface area contributed by atoms with E-state index < -0.39 is 0 Å². The molecule has 47 heavy (non-hydrogen) atoms. The van der Waals surface area contributed by atoms with Crippen molar-refractivity contribution < 1.29 is 4.42 Å². The lowest BCUT2D eigenvalue weighted by Crippen LogP contribution is -2.53. The van der Waals surface area contributed by atoms with Gasteiger partial charge in [-0.15, -0.1) is 11.3 Å². The van der Waals surface area contributed by atoms with E-state index >= 15 is 0 Å². The van der Waals surface area contributed by atoms with Crippen molar-refractivity contribution in [1.82, 2.24) is 9.05 Å². The molecule has 4 aromatic heterocycles. The third-order valence-electron chi connectivity index (χ3n) is 10.6. The molecular formula is C42H23BN2OS. The van der Waals surface area contributed by atoms with Crippen LogP contribution in [0.1, 0.15) is 0 Å². The average Bonchev–Trinajstić information content (AvgIpc) is 3.87. The van der Waals surface area contributed by atoms with Crippen molar-refractivity contribution in [2.24, 2.45) is 0 Å². The Kier molecular flexibility index (Phi) is 4.43. The van der Waals surface area contributed by atoms with Crippen LogP contribution in [0.2, 0.25) is 0 Å². The molecule has 1 aliphatic rings. The highest BCUT2D eigenvalue weighted by Gasteiger charge is 2.37. The Morgan fingerprint density at radius 3 is 2.17 bits per heavy atom. The van der Waals surface area contributed by atoms with Crippen molar-refractivity contribution in [3.05, 3.63) is 140 Å². The van der Waals surface area contributed by atoms with Gasteiger partial charge in [-0.1, -0.05) is 103 Å². The third kappa shape index (κ3) is 2.91. The molecule has 0 N–H and O–H groups in total. The van der Waals surface area contributed by atoms with Gasteiger partial charge in [-0.25, -0.2) is 0 Å². The van der Waals surface area contributed by atoms with Gasteiger partial charge in [0, 0.05) is 63.7 Å². The first kappa shape index (κ1) is 24.5. The van der Waals surface area contributed by atoms with Gasteiger partial charge < -0.3 is 13.5 Å². The van der Waals surface area contributed by atoms with Gasteiger partial charge >= 0.3 is 6.85 Å². The minimum Gasteiger partial charge on any atom is -0.454 e. The van der Waals surface area contributed by atoms with Crippen molar-refractivity contribution in [1.29, 1.82) is 0 Å². The zero-order chi connectivity index (χ0) is 30.4. The van der Waals surface area contributed by atoms with E-state index in [0.29, 0.717) is 0 Å². The Balaban J connectivity index is 1.29. The number of hydrogen-bond acceptors (Lipinski definition) is 2. The fraction of sp³-hybridized carbons (Fsp3) is 0. The predicted octanol–water partition coefficient (Wildman–Crippen LogP) is 10.1. The number of furan rings is 1. The zero-order valence-electron chi connectivity index (χ0n) is 25.1. The average molecular weight is 615 g/mol. The van der Waals surface area contributed by atoms with E-state index in [4.69, 9.17) is 4.42 Å². The van der Waals surface area contributed by atoms with Crippen LogP contribution in [-0.4, -0.2) is 15.9 Å². The standard InChI is InChI=1S/C42H23BN2OS/c1-5-16-33-24(10-1)27-20-21-28-25-11-2-7-18-36(25)46-41(28)40(27)45(33)43-31-14-4-6-17-34(31)44-35-23-22-29-26-12-3-8-19-37(26)47-42(29)38(35)30-13-9-15-32(43)39(30)44/h1-23H. The van der Waals surface area contributed by atoms with Gasteiger partial charge in [0.15, 0.2) is 5.58 Å². The van der Waals surface area contributed by atoms with E-state index in [1.54, 1.807) is 0 Å². The van der Waals surface area contributed by atoms with Crippen LogP contribution in [0.15, 0.2) is 144 Å². The number of rotatable bonds is 1. The number of thiophene rings is 1. The van der Waals surface area contributed by atoms with Gasteiger partial charge in [-0.3, -0.25) is 0 Å². The maximum atomic E-state index is 6.76. The van der Waals surface area contributed by atoms with Crippen LogP contribution in [-0.2, 0) is 0 Å². The maximum Gasteiger partial charge on any atom is 0.332 e. The van der Waals surface area contributed by atoms with Crippen LogP contribution in [0, 0.1) is 0 Å². The Morgan fingerprint density at radius 2 is 1.21 bits per heavy atom. The summed E-state index contributed by atoms with van der Waals surface area (Å²) in [6, 6.07) is 51.2. The van der Waals surface area contributed by atoms with Crippen LogP contribution < -0.4 is 10.9 Å². The summed E-state index contributed by atoms with van der Waals surface area (Å²) in [6.45, 7) is -0.0502. The summed E-state index contributed by atoms with van der Waals surface area (Å²) in [5.41, 5.74) is 10.6. The second-order valence-corrected chi connectivity index (χ2v) is 13.9. The molecule has 11 aromatic rings. The quantitative estimate of drug-likeness (QED) is 0.169. The molecular weight excluding hydrogens is 591 g/mol. The van der Waals surface area contributed by atoms with Crippen molar-refractivity contribution in [3.8, 4) is 5.69 Å². The summed E-state index contributed by atoms with van der Waals surface area (Å²) < 4.78 is 14.6. The first-order chi connectivity index (χ1) is 23.3. The minimum atomic E-state index is -0.0502. The molecule has 5 heterocycles. The molecule has 0 saturated heterocycles. The second kappa shape index (κ2) is 8.52. The fourth-order valence-electron chi connectivity index (χ4n) is 8.73. The third-order valence-corrected chi connectivity index (χ3v) is 11.8. The van der Waals surface area contributed by atoms with Gasteiger partial charge in [0.25, 0.3) is 0 Å². The summed E-state index contributed by atoms with van der Waals surface area (Å²) in [5.74, 6) is 0. The largest absolute Gasteiger partial charge is 0.454 e. The van der Waals surface area contributed by atoms with Crippen molar-refractivity contribution >= 4 is 115 Å². The van der Waals surface area contributed by atoms with Crippen LogP contribution in [0.25, 0.3) is 91.4 Å². The SMILES string of the molecule is c1ccc2c(c1)B(n1c3ccccc3c3ccc4c5ccccc5oc4c31)c1cccc3c4c5sc6ccccc6c5ccc4n-2c13. The summed E-state index contributed by atoms with van der Waals surface area (Å²) in [7, 11) is 0. The summed E-state index contributed by atoms with van der Waals surface area (Å²) in [5, 5.41) is 10.1. The maximum absolute atomic E-state index is 6.76. The fourth-order valence-corrected chi connectivity index (χ4v) is 9.99. The van der Waals surface area contributed by atoms with Gasteiger partial charge in [-0.05, 0) is 47.3 Å². The summed E-state index contributed by atoms with van der Waals surface area (Å²) in [4.78, 5) is 0. The highest BCUT2D eigenvalue weighted by molar-refractivity contribution is 7.26. The minimum absolute atomic E-state index is 0.0502. The molecule has 0 spiro atoms. The second-order valence-electron chi connectivity index (χ2n) is 12.8. The molecule has 3 nitrogen and oxygen atoms in total. The molecule has 0 saturated carbocycles. The van der Waals surface area contributed by atoms with E-state index in [1.165, 1.54) is 74.9 Å². The Labute approximate surface area is 272 Å². The van der Waals surface area contributed by atoms with Gasteiger partial charge in [0.1, 0.15) is 5.58 Å². The van der Waals surface area contributed by atoms with E-state index in [9.17, 15) is 0 Å². The van der Waals surface area contributed by atoms with E-state index in [-0.39, 0.29) is 6.85 Å². The lowest BCUT2D eigenvalue weighted by atomic mass is 9.48. The van der Waals surface area contributed by atoms with Crippen molar-refractivity contribution in [2.75, 3.05) is 0 Å². The van der Waals surface area contributed by atoms with Crippen LogP contribution in [0.3, 0.4) is 0 Å². The Bertz CT molecular complexity index is 3160. The molecule has 0 unspecified atom stereocenters. The first-order valence-electron chi connectivity index (χ1n) is 16.1. The smallest absolute Gasteiger partial charge is 0.332 e. The monoisotopic (exact) mass is 614 g/mol. The van der Waals surface area contributed by atoms with E-state index in [0.717, 1.165) is 27.5 Å². The highest BCUT2D eigenvalue weighted by atomic mass is 32.1. The normalized spacial score (nSPS) is 13.1. The van der Waals surface area contributed by atoms with Crippen LogP contribution in [0.4, 0.5) is 0 Å². The number of benzene rings is 7. The number of hydrogen-bond donors (Lipinski definition) is 0. The molecule has 0 fully saturated rings. The van der Waals surface area contributed by atoms with E-state index in [1.807, 2.05) is 11.3 Å². The highest BCUT2D eigenvalue weighted by Crippen LogP contribution is 2.44. The molecule has 0 amide bonds. The molecule has 7 aromatic carbocycles. The molecule has 0 aliphatic carbocycles. The summed E-state index contributed by atoms with van der Waals surface area (Å²) in [6.07, 6.45) is 0.